The smallest absolute Gasteiger partial charge is 0.00201 e. The van der Waals surface area contributed by atoms with Crippen molar-refractivity contribution in [2.45, 2.75) is 0 Å². The molecule has 0 nitrogen and oxygen atoms in total. The highest BCUT2D eigenvalue weighted by Crippen LogP contribution is 2.50. The first kappa shape index (κ1) is 25.4. The molecule has 0 saturated heterocycles. The van der Waals surface area contributed by atoms with E-state index in [1.165, 1.54) is 98.7 Å². The van der Waals surface area contributed by atoms with Gasteiger partial charge in [-0.3, -0.25) is 0 Å². The van der Waals surface area contributed by atoms with Gasteiger partial charge in [0.25, 0.3) is 0 Å². The van der Waals surface area contributed by atoms with E-state index in [4.69, 9.17) is 0 Å². The molecule has 0 heterocycles. The van der Waals surface area contributed by atoms with Crippen LogP contribution in [0.5, 0.6) is 0 Å². The van der Waals surface area contributed by atoms with Gasteiger partial charge in [0, 0.05) is 0 Å². The van der Waals surface area contributed by atoms with Gasteiger partial charge in [-0.05, 0) is 123 Å². The average Bonchev–Trinajstić information content (AvgIpc) is 3.45. The van der Waals surface area contributed by atoms with Crippen LogP contribution in [0, 0.1) is 0 Å². The number of hydrogen-bond donors (Lipinski definition) is 0. The lowest BCUT2D eigenvalue weighted by atomic mass is 9.88. The summed E-state index contributed by atoms with van der Waals surface area (Å²) >= 11 is 0. The van der Waals surface area contributed by atoms with Crippen molar-refractivity contribution in [3.63, 3.8) is 0 Å². The molecular weight excluding hydrogens is 553 g/mol. The van der Waals surface area contributed by atoms with Crippen LogP contribution in [0.1, 0.15) is 0 Å². The largest absolute Gasteiger partial charge is 0.0616 e. The van der Waals surface area contributed by atoms with Crippen LogP contribution in [0.2, 0.25) is 0 Å². The van der Waals surface area contributed by atoms with E-state index in [0.717, 1.165) is 0 Å². The summed E-state index contributed by atoms with van der Waals surface area (Å²) in [6.45, 7) is 0. The molecule has 0 bridgehead atoms. The van der Waals surface area contributed by atoms with Crippen molar-refractivity contribution in [2.75, 3.05) is 0 Å². The molecule has 0 atom stereocenters. The Morgan fingerprint density at radius 1 is 0.217 bits per heavy atom. The number of hydrogen-bond acceptors (Lipinski definition) is 0. The lowest BCUT2D eigenvalue weighted by molar-refractivity contribution is 1.64. The van der Waals surface area contributed by atoms with Gasteiger partial charge in [0.05, 0.1) is 0 Å². The van der Waals surface area contributed by atoms with Crippen molar-refractivity contribution in [2.24, 2.45) is 0 Å². The van der Waals surface area contributed by atoms with E-state index in [2.05, 4.69) is 170 Å². The number of benzene rings is 9. The van der Waals surface area contributed by atoms with Gasteiger partial charge in [-0.1, -0.05) is 146 Å². The van der Waals surface area contributed by atoms with Crippen molar-refractivity contribution in [1.82, 2.24) is 0 Å². The van der Waals surface area contributed by atoms with Crippen LogP contribution in [0.15, 0.2) is 170 Å². The van der Waals surface area contributed by atoms with Crippen LogP contribution >= 0.6 is 0 Å². The molecule has 0 unspecified atom stereocenters. The predicted octanol–water partition coefficient (Wildman–Crippen LogP) is 12.9. The van der Waals surface area contributed by atoms with Crippen molar-refractivity contribution < 1.29 is 0 Å². The number of rotatable bonds is 3. The molecule has 0 aromatic heterocycles. The highest BCUT2D eigenvalue weighted by Gasteiger charge is 2.23. The molecule has 0 fully saturated rings. The summed E-state index contributed by atoms with van der Waals surface area (Å²) in [5.74, 6) is 0. The van der Waals surface area contributed by atoms with Gasteiger partial charge < -0.3 is 0 Å². The van der Waals surface area contributed by atoms with Crippen LogP contribution in [-0.2, 0) is 0 Å². The molecule has 9 aromatic rings. The minimum Gasteiger partial charge on any atom is -0.0616 e. The summed E-state index contributed by atoms with van der Waals surface area (Å²) < 4.78 is 0. The Labute approximate surface area is 267 Å². The second-order valence-electron chi connectivity index (χ2n) is 12.5. The Bertz CT molecular complexity index is 2660. The Morgan fingerprint density at radius 3 is 1.57 bits per heavy atom. The summed E-state index contributed by atoms with van der Waals surface area (Å²) in [6.07, 6.45) is 0. The number of fused-ring (bicyclic) bond motifs is 6. The maximum absolute atomic E-state index is 2.40. The third-order valence-electron chi connectivity index (χ3n) is 9.97. The molecule has 0 saturated carbocycles. The fourth-order valence-corrected chi connectivity index (χ4v) is 7.81. The van der Waals surface area contributed by atoms with Gasteiger partial charge in [0.2, 0.25) is 0 Å². The molecule has 0 amide bonds. The third kappa shape index (κ3) is 3.74. The molecule has 10 rings (SSSR count). The summed E-state index contributed by atoms with van der Waals surface area (Å²) in [4.78, 5) is 0. The molecule has 212 valence electrons. The fourth-order valence-electron chi connectivity index (χ4n) is 7.81. The van der Waals surface area contributed by atoms with E-state index >= 15 is 0 Å². The predicted molar refractivity (Wildman–Crippen MR) is 197 cm³/mol. The molecule has 0 aliphatic heterocycles. The molecule has 9 aromatic carbocycles. The van der Waals surface area contributed by atoms with Gasteiger partial charge in [-0.2, -0.15) is 0 Å². The van der Waals surface area contributed by atoms with Crippen LogP contribution in [0.4, 0.5) is 0 Å². The summed E-state index contributed by atoms with van der Waals surface area (Å²) in [5.41, 5.74) is 12.9. The Kier molecular flexibility index (Phi) is 5.38. The van der Waals surface area contributed by atoms with Gasteiger partial charge >= 0.3 is 0 Å². The maximum Gasteiger partial charge on any atom is -0.00201 e. The zero-order valence-electron chi connectivity index (χ0n) is 25.2. The lowest BCUT2D eigenvalue weighted by Crippen LogP contribution is -1.88. The van der Waals surface area contributed by atoms with Gasteiger partial charge in [0.15, 0.2) is 0 Å². The van der Waals surface area contributed by atoms with Crippen molar-refractivity contribution >= 4 is 43.1 Å². The van der Waals surface area contributed by atoms with Crippen molar-refractivity contribution in [3.8, 4) is 55.6 Å². The molecule has 46 heavy (non-hydrogen) atoms. The summed E-state index contributed by atoms with van der Waals surface area (Å²) in [7, 11) is 0. The lowest BCUT2D eigenvalue weighted by Gasteiger charge is -2.15. The van der Waals surface area contributed by atoms with E-state index in [-0.39, 0.29) is 0 Å². The minimum absolute atomic E-state index is 1.23. The standard InChI is InChI=1S/C46H28/c1-3-12-36-29(9-1)11-7-16-37(36)34-22-21-30-25-32(20-19-31(30)26-34)35-27-33-10-2-4-13-38(33)45(28-35)41-23-24-44-40-15-6-5-14-39(40)42-17-8-18-43(41)46(42)44/h1-28H. The van der Waals surface area contributed by atoms with E-state index in [9.17, 15) is 0 Å². The second-order valence-corrected chi connectivity index (χ2v) is 12.5. The van der Waals surface area contributed by atoms with E-state index in [1.807, 2.05) is 0 Å². The molecule has 0 N–H and O–H groups in total. The third-order valence-corrected chi connectivity index (χ3v) is 9.97. The monoisotopic (exact) mass is 580 g/mol. The first-order chi connectivity index (χ1) is 22.8. The van der Waals surface area contributed by atoms with E-state index < -0.39 is 0 Å². The zero-order chi connectivity index (χ0) is 30.2. The van der Waals surface area contributed by atoms with E-state index in [0.29, 0.717) is 0 Å². The Hall–Kier alpha value is -5.98. The quantitative estimate of drug-likeness (QED) is 0.195. The van der Waals surface area contributed by atoms with Crippen LogP contribution < -0.4 is 0 Å². The molecule has 0 spiro atoms. The summed E-state index contributed by atoms with van der Waals surface area (Å²) in [6, 6.07) is 62.8. The zero-order valence-corrected chi connectivity index (χ0v) is 25.2. The van der Waals surface area contributed by atoms with Crippen LogP contribution in [0.25, 0.3) is 98.7 Å². The molecular formula is C46H28. The van der Waals surface area contributed by atoms with Gasteiger partial charge in [-0.25, -0.2) is 0 Å². The highest BCUT2D eigenvalue weighted by molar-refractivity contribution is 6.20. The summed E-state index contributed by atoms with van der Waals surface area (Å²) in [5, 5.41) is 10.3. The highest BCUT2D eigenvalue weighted by atomic mass is 14.3. The second kappa shape index (κ2) is 9.76. The van der Waals surface area contributed by atoms with Crippen molar-refractivity contribution in [3.05, 3.63) is 170 Å². The van der Waals surface area contributed by atoms with Crippen LogP contribution in [-0.4, -0.2) is 0 Å². The Morgan fingerprint density at radius 2 is 0.739 bits per heavy atom. The van der Waals surface area contributed by atoms with Gasteiger partial charge in [0.1, 0.15) is 0 Å². The topological polar surface area (TPSA) is 0 Å². The first-order valence-corrected chi connectivity index (χ1v) is 16.0. The first-order valence-electron chi connectivity index (χ1n) is 16.0. The molecule has 1 aliphatic carbocycles. The van der Waals surface area contributed by atoms with Gasteiger partial charge in [-0.15, -0.1) is 0 Å². The maximum atomic E-state index is 2.40. The Balaban J connectivity index is 1.13. The SMILES string of the molecule is c1ccc2c(c1)-c1cccc3c(-c4cc(-c5ccc6cc(-c7cccc8ccccc78)ccc6c5)cc5ccccc45)ccc-2c13. The fraction of sp³-hybridized carbons (Fsp3) is 0. The average molecular weight is 581 g/mol. The molecule has 0 heteroatoms. The van der Waals surface area contributed by atoms with Crippen molar-refractivity contribution in [1.29, 1.82) is 0 Å². The van der Waals surface area contributed by atoms with E-state index in [1.54, 1.807) is 0 Å². The minimum atomic E-state index is 1.23. The molecule has 1 aliphatic rings. The molecule has 0 radical (unpaired) electrons. The van der Waals surface area contributed by atoms with Crippen LogP contribution in [0.3, 0.4) is 0 Å². The normalized spacial score (nSPS) is 11.9.